The average Bonchev–Trinajstić information content (AvgIpc) is 2.79. The quantitative estimate of drug-likeness (QED) is 0.745. The fraction of sp³-hybridized carbons (Fsp3) is 1.00. The van der Waals surface area contributed by atoms with E-state index in [0.717, 1.165) is 12.1 Å². The van der Waals surface area contributed by atoms with E-state index in [4.69, 9.17) is 0 Å². The molecule has 1 N–H and O–H groups in total. The van der Waals surface area contributed by atoms with Crippen LogP contribution in [0.1, 0.15) is 39.0 Å². The SMILES string of the molecule is CC1CCCCN1CCCNC1CCSC1. The van der Waals surface area contributed by atoms with Crippen molar-refractivity contribution in [2.24, 2.45) is 0 Å². The lowest BCUT2D eigenvalue weighted by atomic mass is 10.0. The molecule has 2 unspecified atom stereocenters. The number of rotatable bonds is 5. The molecular weight excluding hydrogens is 216 g/mol. The molecule has 2 aliphatic rings. The summed E-state index contributed by atoms with van der Waals surface area (Å²) in [6.45, 7) is 6.24. The molecule has 2 nitrogen and oxygen atoms in total. The first kappa shape index (κ1) is 12.7. The van der Waals surface area contributed by atoms with Crippen molar-refractivity contribution in [1.82, 2.24) is 10.2 Å². The van der Waals surface area contributed by atoms with Crippen LogP contribution in [0.15, 0.2) is 0 Å². The van der Waals surface area contributed by atoms with E-state index < -0.39 is 0 Å². The molecule has 0 saturated carbocycles. The highest BCUT2D eigenvalue weighted by Gasteiger charge is 2.18. The van der Waals surface area contributed by atoms with Crippen molar-refractivity contribution in [3.8, 4) is 0 Å². The fourth-order valence-electron chi connectivity index (χ4n) is 2.77. The molecule has 0 aromatic heterocycles. The summed E-state index contributed by atoms with van der Waals surface area (Å²) in [7, 11) is 0. The van der Waals surface area contributed by atoms with Crippen LogP contribution >= 0.6 is 11.8 Å². The average molecular weight is 242 g/mol. The summed E-state index contributed by atoms with van der Waals surface area (Å²) in [4.78, 5) is 2.68. The number of hydrogen-bond acceptors (Lipinski definition) is 3. The molecule has 2 atom stereocenters. The zero-order valence-corrected chi connectivity index (χ0v) is 11.4. The second kappa shape index (κ2) is 6.87. The van der Waals surface area contributed by atoms with Crippen LogP contribution in [0, 0.1) is 0 Å². The fourth-order valence-corrected chi connectivity index (χ4v) is 3.96. The molecule has 0 spiro atoms. The Hall–Kier alpha value is 0.270. The van der Waals surface area contributed by atoms with Gasteiger partial charge in [0.15, 0.2) is 0 Å². The van der Waals surface area contributed by atoms with Crippen LogP contribution in [0.25, 0.3) is 0 Å². The highest BCUT2D eigenvalue weighted by molar-refractivity contribution is 7.99. The molecule has 0 aliphatic carbocycles. The molecular formula is C13H26N2S. The van der Waals surface area contributed by atoms with Gasteiger partial charge < -0.3 is 10.2 Å². The molecule has 0 aromatic carbocycles. The first-order valence-corrected chi connectivity index (χ1v) is 8.07. The summed E-state index contributed by atoms with van der Waals surface area (Å²) >= 11 is 2.10. The molecule has 3 heteroatoms. The maximum absolute atomic E-state index is 3.69. The van der Waals surface area contributed by atoms with Gasteiger partial charge in [0, 0.05) is 17.8 Å². The van der Waals surface area contributed by atoms with Crippen LogP contribution in [0.3, 0.4) is 0 Å². The number of nitrogens with zero attached hydrogens (tertiary/aromatic N) is 1. The molecule has 0 bridgehead atoms. The summed E-state index contributed by atoms with van der Waals surface area (Å²) in [5.41, 5.74) is 0. The number of hydrogen-bond donors (Lipinski definition) is 1. The lowest BCUT2D eigenvalue weighted by Crippen LogP contribution is -2.39. The van der Waals surface area contributed by atoms with Crippen LogP contribution in [0.4, 0.5) is 0 Å². The molecule has 2 saturated heterocycles. The number of piperidine rings is 1. The predicted molar refractivity (Wildman–Crippen MR) is 73.2 cm³/mol. The Morgan fingerprint density at radius 1 is 1.31 bits per heavy atom. The van der Waals surface area contributed by atoms with E-state index in [2.05, 4.69) is 28.9 Å². The third-order valence-corrected chi connectivity index (χ3v) is 5.09. The van der Waals surface area contributed by atoms with Gasteiger partial charge in [-0.05, 0) is 58.0 Å². The third kappa shape index (κ3) is 3.94. The molecule has 0 aromatic rings. The standard InChI is InChI=1S/C13H26N2S/c1-12-5-2-3-8-15(12)9-4-7-14-13-6-10-16-11-13/h12-14H,2-11H2,1H3. The summed E-state index contributed by atoms with van der Waals surface area (Å²) in [6.07, 6.45) is 6.97. The van der Waals surface area contributed by atoms with Crippen LogP contribution in [0.5, 0.6) is 0 Å². The van der Waals surface area contributed by atoms with Crippen LogP contribution in [0.2, 0.25) is 0 Å². The van der Waals surface area contributed by atoms with E-state index in [-0.39, 0.29) is 0 Å². The second-order valence-electron chi connectivity index (χ2n) is 5.25. The maximum Gasteiger partial charge on any atom is 0.0166 e. The number of likely N-dealkylation sites (tertiary alicyclic amines) is 1. The van der Waals surface area contributed by atoms with Crippen molar-refractivity contribution in [2.75, 3.05) is 31.1 Å². The van der Waals surface area contributed by atoms with Crippen molar-refractivity contribution in [3.05, 3.63) is 0 Å². The second-order valence-corrected chi connectivity index (χ2v) is 6.40. The van der Waals surface area contributed by atoms with Crippen LogP contribution < -0.4 is 5.32 Å². The molecule has 16 heavy (non-hydrogen) atoms. The topological polar surface area (TPSA) is 15.3 Å². The minimum atomic E-state index is 0.809. The third-order valence-electron chi connectivity index (χ3n) is 3.93. The van der Waals surface area contributed by atoms with Gasteiger partial charge in [-0.25, -0.2) is 0 Å². The van der Waals surface area contributed by atoms with Gasteiger partial charge in [0.05, 0.1) is 0 Å². The monoisotopic (exact) mass is 242 g/mol. The normalized spacial score (nSPS) is 32.1. The summed E-state index contributed by atoms with van der Waals surface area (Å²) in [6, 6.07) is 1.64. The minimum Gasteiger partial charge on any atom is -0.313 e. The van der Waals surface area contributed by atoms with E-state index in [0.29, 0.717) is 0 Å². The molecule has 0 amide bonds. The predicted octanol–water partition coefficient (Wildman–Crippen LogP) is 2.35. The van der Waals surface area contributed by atoms with Gasteiger partial charge in [-0.1, -0.05) is 6.42 Å². The van der Waals surface area contributed by atoms with Gasteiger partial charge >= 0.3 is 0 Å². The first-order valence-electron chi connectivity index (χ1n) is 6.91. The van der Waals surface area contributed by atoms with Gasteiger partial charge in [0.1, 0.15) is 0 Å². The van der Waals surface area contributed by atoms with Crippen molar-refractivity contribution in [1.29, 1.82) is 0 Å². The van der Waals surface area contributed by atoms with Gasteiger partial charge in [-0.3, -0.25) is 0 Å². The highest BCUT2D eigenvalue weighted by Crippen LogP contribution is 2.18. The van der Waals surface area contributed by atoms with Crippen LogP contribution in [-0.4, -0.2) is 48.1 Å². The van der Waals surface area contributed by atoms with Gasteiger partial charge in [0.25, 0.3) is 0 Å². The summed E-state index contributed by atoms with van der Waals surface area (Å²) in [5, 5.41) is 3.69. The van der Waals surface area contributed by atoms with E-state index in [1.807, 2.05) is 0 Å². The Morgan fingerprint density at radius 3 is 3.00 bits per heavy atom. The Bertz CT molecular complexity index is 192. The van der Waals surface area contributed by atoms with Crippen LogP contribution in [-0.2, 0) is 0 Å². The smallest absolute Gasteiger partial charge is 0.0166 e. The van der Waals surface area contributed by atoms with E-state index in [1.165, 1.54) is 63.2 Å². The van der Waals surface area contributed by atoms with Crippen molar-refractivity contribution in [2.45, 2.75) is 51.1 Å². The summed E-state index contributed by atoms with van der Waals surface area (Å²) in [5.74, 6) is 2.70. The molecule has 2 heterocycles. The first-order chi connectivity index (χ1) is 7.86. The van der Waals surface area contributed by atoms with Crippen molar-refractivity contribution in [3.63, 3.8) is 0 Å². The van der Waals surface area contributed by atoms with Gasteiger partial charge in [-0.2, -0.15) is 11.8 Å². The molecule has 2 fully saturated rings. The molecule has 2 aliphatic heterocycles. The highest BCUT2D eigenvalue weighted by atomic mass is 32.2. The molecule has 2 rings (SSSR count). The van der Waals surface area contributed by atoms with Gasteiger partial charge in [0.2, 0.25) is 0 Å². The van der Waals surface area contributed by atoms with E-state index >= 15 is 0 Å². The number of nitrogens with one attached hydrogen (secondary N) is 1. The zero-order chi connectivity index (χ0) is 11.2. The molecule has 0 radical (unpaired) electrons. The molecule has 94 valence electrons. The van der Waals surface area contributed by atoms with Crippen molar-refractivity contribution >= 4 is 11.8 Å². The summed E-state index contributed by atoms with van der Waals surface area (Å²) < 4.78 is 0. The maximum atomic E-state index is 3.69. The lowest BCUT2D eigenvalue weighted by molar-refractivity contribution is 0.158. The Balaban J connectivity index is 1.53. The van der Waals surface area contributed by atoms with E-state index in [1.54, 1.807) is 0 Å². The van der Waals surface area contributed by atoms with Crippen molar-refractivity contribution < 1.29 is 0 Å². The lowest BCUT2D eigenvalue weighted by Gasteiger charge is -2.33. The zero-order valence-electron chi connectivity index (χ0n) is 10.6. The Labute approximate surface area is 105 Å². The minimum absolute atomic E-state index is 0.809. The van der Waals surface area contributed by atoms with E-state index in [9.17, 15) is 0 Å². The number of thioether (sulfide) groups is 1. The van der Waals surface area contributed by atoms with Gasteiger partial charge in [-0.15, -0.1) is 0 Å². The Kier molecular flexibility index (Phi) is 5.46. The Morgan fingerprint density at radius 2 is 2.25 bits per heavy atom. The largest absolute Gasteiger partial charge is 0.313 e.